The molecule has 0 fully saturated rings. The Morgan fingerprint density at radius 2 is 1.71 bits per heavy atom. The van der Waals surface area contributed by atoms with Crippen molar-refractivity contribution in [3.05, 3.63) is 45.0 Å². The zero-order valence-electron chi connectivity index (χ0n) is 10.2. The highest BCUT2D eigenvalue weighted by Gasteiger charge is 2.12. The van der Waals surface area contributed by atoms with E-state index < -0.39 is 0 Å². The first-order valence-corrected chi connectivity index (χ1v) is 7.55. The van der Waals surface area contributed by atoms with E-state index in [1.165, 1.54) is 53.2 Å². The van der Waals surface area contributed by atoms with Crippen LogP contribution in [-0.2, 0) is 0 Å². The van der Waals surface area contributed by atoms with Crippen LogP contribution in [0.15, 0.2) is 35.9 Å². The van der Waals surface area contributed by atoms with Gasteiger partial charge in [-0.25, -0.2) is 0 Å². The average molecular weight is 341 g/mol. The molecule has 0 amide bonds. The molecule has 17 heavy (non-hydrogen) atoms. The molecule has 0 spiro atoms. The van der Waals surface area contributed by atoms with Crippen LogP contribution in [0.5, 0.6) is 0 Å². The lowest BCUT2D eigenvalue weighted by Gasteiger charge is -2.18. The summed E-state index contributed by atoms with van der Waals surface area (Å²) in [5.74, 6) is 0. The maximum Gasteiger partial charge on any atom is 0.0510 e. The Balaban J connectivity index is 2.11. The Morgan fingerprint density at radius 3 is 2.47 bits per heavy atom. The smallest absolute Gasteiger partial charge is 0.0510 e. The van der Waals surface area contributed by atoms with Crippen molar-refractivity contribution < 1.29 is 0 Å². The predicted octanol–water partition coefficient (Wildman–Crippen LogP) is 4.57. The Kier molecular flexibility index (Phi) is 5.04. The molecule has 0 heterocycles. The number of hydrogen-bond acceptors (Lipinski definition) is 1. The molecule has 0 aliphatic heterocycles. The third kappa shape index (κ3) is 3.81. The molecule has 1 aliphatic rings. The summed E-state index contributed by atoms with van der Waals surface area (Å²) in [6.45, 7) is 0. The fourth-order valence-corrected chi connectivity index (χ4v) is 2.74. The highest BCUT2D eigenvalue weighted by atomic mass is 127. The summed E-state index contributed by atoms with van der Waals surface area (Å²) in [6, 6.07) is 8.70. The molecule has 0 aromatic heterocycles. The number of hydrogen-bond donors (Lipinski definition) is 1. The van der Waals surface area contributed by atoms with Gasteiger partial charge < -0.3 is 5.73 Å². The van der Waals surface area contributed by atoms with Gasteiger partial charge in [0.25, 0.3) is 0 Å². The lowest BCUT2D eigenvalue weighted by atomic mass is 9.91. The average Bonchev–Trinajstić information content (AvgIpc) is 2.29. The van der Waals surface area contributed by atoms with Gasteiger partial charge in [0.05, 0.1) is 6.04 Å². The minimum Gasteiger partial charge on any atom is -0.321 e. The minimum absolute atomic E-state index is 0.102. The van der Waals surface area contributed by atoms with E-state index in [-0.39, 0.29) is 6.04 Å². The van der Waals surface area contributed by atoms with Crippen LogP contribution in [0, 0.1) is 3.57 Å². The first-order chi connectivity index (χ1) is 8.27. The molecular formula is C15H20IN. The highest BCUT2D eigenvalue weighted by molar-refractivity contribution is 14.1. The van der Waals surface area contributed by atoms with Gasteiger partial charge in [0, 0.05) is 3.57 Å². The third-order valence-corrected chi connectivity index (χ3v) is 4.17. The van der Waals surface area contributed by atoms with Crippen LogP contribution in [0.25, 0.3) is 0 Å². The van der Waals surface area contributed by atoms with Crippen LogP contribution in [0.2, 0.25) is 0 Å². The van der Waals surface area contributed by atoms with Crippen molar-refractivity contribution in [3.63, 3.8) is 0 Å². The number of nitrogens with two attached hydrogens (primary N) is 1. The number of benzene rings is 1. The zero-order valence-corrected chi connectivity index (χ0v) is 12.3. The molecular weight excluding hydrogens is 321 g/mol. The summed E-state index contributed by atoms with van der Waals surface area (Å²) >= 11 is 2.33. The van der Waals surface area contributed by atoms with Crippen LogP contribution >= 0.6 is 22.6 Å². The first-order valence-electron chi connectivity index (χ1n) is 6.47. The molecule has 0 bridgehead atoms. The number of allylic oxidation sites excluding steroid dienone is 1. The largest absolute Gasteiger partial charge is 0.321 e. The molecule has 0 saturated carbocycles. The van der Waals surface area contributed by atoms with Gasteiger partial charge in [0.15, 0.2) is 0 Å². The SMILES string of the molecule is NC(/C1=C/CCCCCC1)c1ccc(I)cc1. The summed E-state index contributed by atoms with van der Waals surface area (Å²) in [7, 11) is 0. The molecule has 2 heteroatoms. The van der Waals surface area contributed by atoms with Gasteiger partial charge in [-0.15, -0.1) is 0 Å². The summed E-state index contributed by atoms with van der Waals surface area (Å²) in [5.41, 5.74) is 9.05. The van der Waals surface area contributed by atoms with Crippen LogP contribution in [0.1, 0.15) is 50.1 Å². The fourth-order valence-electron chi connectivity index (χ4n) is 2.38. The maximum atomic E-state index is 6.37. The fraction of sp³-hybridized carbons (Fsp3) is 0.467. The van der Waals surface area contributed by atoms with Crippen LogP contribution in [0.4, 0.5) is 0 Å². The molecule has 1 nitrogen and oxygen atoms in total. The Bertz CT molecular complexity index is 380. The molecule has 1 aliphatic carbocycles. The summed E-state index contributed by atoms with van der Waals surface area (Å²) in [4.78, 5) is 0. The van der Waals surface area contributed by atoms with Crippen LogP contribution in [-0.4, -0.2) is 0 Å². The second kappa shape index (κ2) is 6.55. The van der Waals surface area contributed by atoms with Gasteiger partial charge in [-0.1, -0.05) is 36.6 Å². The van der Waals surface area contributed by atoms with E-state index in [9.17, 15) is 0 Å². The minimum atomic E-state index is 0.102. The van der Waals surface area contributed by atoms with Crippen molar-refractivity contribution in [2.75, 3.05) is 0 Å². The van der Waals surface area contributed by atoms with E-state index in [0.29, 0.717) is 0 Å². The van der Waals surface area contributed by atoms with Crippen molar-refractivity contribution >= 4 is 22.6 Å². The first kappa shape index (κ1) is 13.1. The molecule has 1 aromatic carbocycles. The van der Waals surface area contributed by atoms with Crippen LogP contribution in [0.3, 0.4) is 0 Å². The third-order valence-electron chi connectivity index (χ3n) is 3.45. The lowest BCUT2D eigenvalue weighted by Crippen LogP contribution is -2.14. The Hall–Kier alpha value is -0.350. The van der Waals surface area contributed by atoms with Crippen molar-refractivity contribution in [2.24, 2.45) is 5.73 Å². The second-order valence-electron chi connectivity index (χ2n) is 4.76. The summed E-state index contributed by atoms with van der Waals surface area (Å²) in [5, 5.41) is 0. The Labute approximate surface area is 118 Å². The van der Waals surface area contributed by atoms with E-state index in [2.05, 4.69) is 52.9 Å². The van der Waals surface area contributed by atoms with Gasteiger partial charge in [0.1, 0.15) is 0 Å². The van der Waals surface area contributed by atoms with E-state index in [4.69, 9.17) is 5.73 Å². The standard InChI is InChI=1S/C15H20IN/c16-14-10-8-13(9-11-14)15(17)12-6-4-2-1-3-5-7-12/h6,8-11,15H,1-5,7,17H2/b12-6+. The van der Waals surface area contributed by atoms with Crippen molar-refractivity contribution in [3.8, 4) is 0 Å². The van der Waals surface area contributed by atoms with Gasteiger partial charge >= 0.3 is 0 Å². The van der Waals surface area contributed by atoms with E-state index >= 15 is 0 Å². The number of halogens is 1. The van der Waals surface area contributed by atoms with Gasteiger partial charge in [-0.3, -0.25) is 0 Å². The zero-order chi connectivity index (χ0) is 12.1. The highest BCUT2D eigenvalue weighted by Crippen LogP contribution is 2.27. The molecule has 0 saturated heterocycles. The predicted molar refractivity (Wildman–Crippen MR) is 81.9 cm³/mol. The Morgan fingerprint density at radius 1 is 1.00 bits per heavy atom. The molecule has 0 radical (unpaired) electrons. The van der Waals surface area contributed by atoms with E-state index in [1.54, 1.807) is 0 Å². The van der Waals surface area contributed by atoms with Crippen molar-refractivity contribution in [1.82, 2.24) is 0 Å². The molecule has 1 unspecified atom stereocenters. The molecule has 1 atom stereocenters. The van der Waals surface area contributed by atoms with Crippen molar-refractivity contribution in [2.45, 2.75) is 44.6 Å². The summed E-state index contributed by atoms with van der Waals surface area (Å²) < 4.78 is 1.27. The monoisotopic (exact) mass is 341 g/mol. The molecule has 2 rings (SSSR count). The molecule has 2 N–H and O–H groups in total. The topological polar surface area (TPSA) is 26.0 Å². The van der Waals surface area contributed by atoms with Gasteiger partial charge in [-0.05, 0) is 66.0 Å². The quantitative estimate of drug-likeness (QED) is 0.619. The lowest BCUT2D eigenvalue weighted by molar-refractivity contribution is 0.602. The summed E-state index contributed by atoms with van der Waals surface area (Å²) in [6.07, 6.45) is 10.1. The van der Waals surface area contributed by atoms with Gasteiger partial charge in [-0.2, -0.15) is 0 Å². The van der Waals surface area contributed by atoms with E-state index in [0.717, 1.165) is 0 Å². The number of rotatable bonds is 2. The maximum absolute atomic E-state index is 6.37. The normalized spacial score (nSPS) is 22.1. The molecule has 92 valence electrons. The van der Waals surface area contributed by atoms with E-state index in [1.807, 2.05) is 0 Å². The van der Waals surface area contributed by atoms with Gasteiger partial charge in [0.2, 0.25) is 0 Å². The van der Waals surface area contributed by atoms with Crippen LogP contribution < -0.4 is 5.73 Å². The van der Waals surface area contributed by atoms with Crippen molar-refractivity contribution in [1.29, 1.82) is 0 Å². The molecule has 1 aromatic rings. The second-order valence-corrected chi connectivity index (χ2v) is 6.01.